The molecule has 0 spiro atoms. The lowest BCUT2D eigenvalue weighted by Crippen LogP contribution is -2.12. The van der Waals surface area contributed by atoms with Crippen molar-refractivity contribution in [3.63, 3.8) is 0 Å². The molecule has 4 nitrogen and oxygen atoms in total. The van der Waals surface area contributed by atoms with Crippen molar-refractivity contribution in [2.75, 3.05) is 13.7 Å². The van der Waals surface area contributed by atoms with Crippen LogP contribution in [0.2, 0.25) is 0 Å². The molecule has 4 N–H and O–H groups in total. The first-order chi connectivity index (χ1) is 7.10. The quantitative estimate of drug-likeness (QED) is 0.697. The summed E-state index contributed by atoms with van der Waals surface area (Å²) in [5.74, 6) is 0.774. The maximum atomic E-state index is 9.63. The Morgan fingerprint density at radius 1 is 1.47 bits per heavy atom. The minimum Gasteiger partial charge on any atom is -0.508 e. The second-order valence-corrected chi connectivity index (χ2v) is 3.49. The Balaban J connectivity index is 3.05. The molecule has 4 heteroatoms. The fourth-order valence-corrected chi connectivity index (χ4v) is 1.43. The molecule has 0 bridgehead atoms. The number of nitrogens with two attached hydrogens (primary N) is 1. The van der Waals surface area contributed by atoms with Gasteiger partial charge in [0.15, 0.2) is 0 Å². The number of aliphatic hydroxyl groups is 1. The number of hydrogen-bond acceptors (Lipinski definition) is 4. The molecule has 0 aliphatic carbocycles. The second-order valence-electron chi connectivity index (χ2n) is 3.49. The highest BCUT2D eigenvalue weighted by molar-refractivity contribution is 5.47. The average Bonchev–Trinajstić information content (AvgIpc) is 2.22. The molecule has 0 aliphatic rings. The van der Waals surface area contributed by atoms with E-state index in [2.05, 4.69) is 0 Å². The summed E-state index contributed by atoms with van der Waals surface area (Å²) < 4.78 is 5.12. The first-order valence-corrected chi connectivity index (χ1v) is 4.84. The first-order valence-electron chi connectivity index (χ1n) is 4.84. The molecule has 1 aromatic rings. The van der Waals surface area contributed by atoms with Gasteiger partial charge in [-0.05, 0) is 31.0 Å². The van der Waals surface area contributed by atoms with Crippen molar-refractivity contribution in [1.29, 1.82) is 0 Å². The number of methoxy groups -OCH3 is 1. The summed E-state index contributed by atoms with van der Waals surface area (Å²) in [7, 11) is 1.54. The average molecular weight is 211 g/mol. The summed E-state index contributed by atoms with van der Waals surface area (Å²) in [6.07, 6.45) is 0.464. The smallest absolute Gasteiger partial charge is 0.125 e. The number of ether oxygens (including phenoxy) is 1. The summed E-state index contributed by atoms with van der Waals surface area (Å²) in [5, 5.41) is 18.4. The number of rotatable bonds is 4. The highest BCUT2D eigenvalue weighted by Crippen LogP contribution is 2.31. The molecule has 0 heterocycles. The van der Waals surface area contributed by atoms with E-state index in [1.165, 1.54) is 0 Å². The van der Waals surface area contributed by atoms with Crippen LogP contribution >= 0.6 is 0 Å². The summed E-state index contributed by atoms with van der Waals surface area (Å²) in [5.41, 5.74) is 7.28. The van der Waals surface area contributed by atoms with Gasteiger partial charge in [-0.2, -0.15) is 0 Å². The van der Waals surface area contributed by atoms with Gasteiger partial charge < -0.3 is 20.7 Å². The highest BCUT2D eigenvalue weighted by atomic mass is 16.5. The summed E-state index contributed by atoms with van der Waals surface area (Å²) >= 11 is 0. The van der Waals surface area contributed by atoms with Crippen molar-refractivity contribution in [2.45, 2.75) is 19.4 Å². The van der Waals surface area contributed by atoms with Gasteiger partial charge in [0, 0.05) is 18.2 Å². The zero-order chi connectivity index (χ0) is 11.4. The van der Waals surface area contributed by atoms with E-state index in [1.54, 1.807) is 26.2 Å². The highest BCUT2D eigenvalue weighted by Gasteiger charge is 2.11. The molecule has 1 unspecified atom stereocenters. The van der Waals surface area contributed by atoms with Crippen molar-refractivity contribution >= 4 is 0 Å². The number of aromatic hydroxyl groups is 1. The third kappa shape index (κ3) is 2.61. The Hall–Kier alpha value is -1.26. The van der Waals surface area contributed by atoms with Crippen molar-refractivity contribution in [1.82, 2.24) is 0 Å². The summed E-state index contributed by atoms with van der Waals surface area (Å²) in [6.45, 7) is 1.80. The summed E-state index contributed by atoms with van der Waals surface area (Å²) in [6, 6.07) is 3.11. The Kier molecular flexibility index (Phi) is 3.94. The minimum atomic E-state index is -0.282. The number of phenolic OH excluding ortho intramolecular Hbond substituents is 1. The van der Waals surface area contributed by atoms with Crippen LogP contribution in [0.4, 0.5) is 0 Å². The van der Waals surface area contributed by atoms with Gasteiger partial charge in [-0.15, -0.1) is 0 Å². The number of benzene rings is 1. The zero-order valence-corrected chi connectivity index (χ0v) is 9.03. The predicted octanol–water partition coefficient (Wildman–Crippen LogP) is 1.09. The lowest BCUT2D eigenvalue weighted by Gasteiger charge is -2.14. The van der Waals surface area contributed by atoms with Crippen molar-refractivity contribution in [3.8, 4) is 11.5 Å². The fourth-order valence-electron chi connectivity index (χ4n) is 1.43. The van der Waals surface area contributed by atoms with E-state index in [-0.39, 0.29) is 18.4 Å². The van der Waals surface area contributed by atoms with Crippen molar-refractivity contribution < 1.29 is 14.9 Å². The van der Waals surface area contributed by atoms with E-state index >= 15 is 0 Å². The van der Waals surface area contributed by atoms with E-state index < -0.39 is 0 Å². The minimum absolute atomic E-state index is 0.0259. The molecule has 0 radical (unpaired) electrons. The topological polar surface area (TPSA) is 75.7 Å². The van der Waals surface area contributed by atoms with Gasteiger partial charge in [-0.1, -0.05) is 0 Å². The Morgan fingerprint density at radius 3 is 2.67 bits per heavy atom. The summed E-state index contributed by atoms with van der Waals surface area (Å²) in [4.78, 5) is 0. The van der Waals surface area contributed by atoms with Crippen LogP contribution in [0, 0.1) is 6.92 Å². The van der Waals surface area contributed by atoms with Crippen LogP contribution in [0.15, 0.2) is 12.1 Å². The van der Waals surface area contributed by atoms with Crippen LogP contribution in [0.3, 0.4) is 0 Å². The van der Waals surface area contributed by atoms with Gasteiger partial charge >= 0.3 is 0 Å². The standard InChI is InChI=1S/C11H17NO3/c1-7-10(14)5-8(6-11(7)15-2)9(12)3-4-13/h5-6,9,13-14H,3-4,12H2,1-2H3. The third-order valence-electron chi connectivity index (χ3n) is 2.44. The van der Waals surface area contributed by atoms with Crippen LogP contribution in [-0.4, -0.2) is 23.9 Å². The lowest BCUT2D eigenvalue weighted by molar-refractivity contribution is 0.276. The third-order valence-corrected chi connectivity index (χ3v) is 2.44. The van der Waals surface area contributed by atoms with Crippen LogP contribution in [0.25, 0.3) is 0 Å². The van der Waals surface area contributed by atoms with Gasteiger partial charge in [0.1, 0.15) is 11.5 Å². The van der Waals surface area contributed by atoms with Gasteiger partial charge in [-0.3, -0.25) is 0 Å². The molecular weight excluding hydrogens is 194 g/mol. The fraction of sp³-hybridized carbons (Fsp3) is 0.455. The van der Waals surface area contributed by atoms with Crippen molar-refractivity contribution in [2.24, 2.45) is 5.73 Å². The molecule has 15 heavy (non-hydrogen) atoms. The SMILES string of the molecule is COc1cc(C(N)CCO)cc(O)c1C. The van der Waals surface area contributed by atoms with Gasteiger partial charge in [0.25, 0.3) is 0 Å². The Morgan fingerprint density at radius 2 is 2.13 bits per heavy atom. The molecule has 1 aromatic carbocycles. The van der Waals surface area contributed by atoms with E-state index in [0.717, 1.165) is 5.56 Å². The molecule has 0 aliphatic heterocycles. The molecule has 1 rings (SSSR count). The zero-order valence-electron chi connectivity index (χ0n) is 9.03. The van der Waals surface area contributed by atoms with Crippen LogP contribution in [0.1, 0.15) is 23.6 Å². The number of aliphatic hydroxyl groups excluding tert-OH is 1. The second kappa shape index (κ2) is 5.00. The van der Waals surface area contributed by atoms with E-state index in [1.807, 2.05) is 0 Å². The van der Waals surface area contributed by atoms with Gasteiger partial charge in [0.2, 0.25) is 0 Å². The Labute approximate surface area is 89.3 Å². The maximum Gasteiger partial charge on any atom is 0.125 e. The number of hydrogen-bond donors (Lipinski definition) is 3. The van der Waals surface area contributed by atoms with E-state index in [4.69, 9.17) is 15.6 Å². The normalized spacial score (nSPS) is 12.5. The maximum absolute atomic E-state index is 9.63. The molecule has 0 fully saturated rings. The van der Waals surface area contributed by atoms with E-state index in [0.29, 0.717) is 17.7 Å². The van der Waals surface area contributed by atoms with Crippen LogP contribution in [0.5, 0.6) is 11.5 Å². The van der Waals surface area contributed by atoms with Crippen molar-refractivity contribution in [3.05, 3.63) is 23.3 Å². The van der Waals surface area contributed by atoms with Gasteiger partial charge in [-0.25, -0.2) is 0 Å². The molecule has 0 saturated carbocycles. The largest absolute Gasteiger partial charge is 0.508 e. The molecule has 0 amide bonds. The first kappa shape index (κ1) is 11.8. The van der Waals surface area contributed by atoms with Crippen LogP contribution < -0.4 is 10.5 Å². The molecule has 0 saturated heterocycles. The predicted molar refractivity (Wildman–Crippen MR) is 58.0 cm³/mol. The molecular formula is C11H17NO3. The lowest BCUT2D eigenvalue weighted by atomic mass is 10.0. The van der Waals surface area contributed by atoms with E-state index in [9.17, 15) is 5.11 Å². The monoisotopic (exact) mass is 211 g/mol. The Bertz CT molecular complexity index is 339. The molecule has 1 atom stereocenters. The molecule has 0 aromatic heterocycles. The van der Waals surface area contributed by atoms with Gasteiger partial charge in [0.05, 0.1) is 7.11 Å². The molecule has 84 valence electrons. The number of phenols is 1. The van der Waals surface area contributed by atoms with Crippen LogP contribution in [-0.2, 0) is 0 Å².